The van der Waals surface area contributed by atoms with Gasteiger partial charge in [-0.1, -0.05) is 17.7 Å². The SMILES string of the molecule is CC(C)N1CCc2nc(C(=O)Nc3cc(C(=O)O)ccc3/C=C/C(=O)Nc3ccc(Cl)cc3)sc2C1. The number of anilines is 2. The molecule has 2 amide bonds. The molecule has 0 bridgehead atoms. The lowest BCUT2D eigenvalue weighted by Gasteiger charge is -2.29. The lowest BCUT2D eigenvalue weighted by molar-refractivity contribution is -0.111. The van der Waals surface area contributed by atoms with E-state index in [0.717, 1.165) is 30.1 Å². The summed E-state index contributed by atoms with van der Waals surface area (Å²) in [5.41, 5.74) is 2.27. The van der Waals surface area contributed by atoms with Crippen molar-refractivity contribution in [2.45, 2.75) is 32.9 Å². The molecule has 0 saturated carbocycles. The summed E-state index contributed by atoms with van der Waals surface area (Å²) in [7, 11) is 0. The number of hydrogen-bond acceptors (Lipinski definition) is 6. The molecule has 10 heteroatoms. The van der Waals surface area contributed by atoms with E-state index in [2.05, 4.69) is 34.4 Å². The van der Waals surface area contributed by atoms with Crippen LogP contribution in [0.1, 0.15) is 50.1 Å². The maximum absolute atomic E-state index is 13.0. The van der Waals surface area contributed by atoms with E-state index >= 15 is 0 Å². The third-order valence-electron chi connectivity index (χ3n) is 5.76. The number of thiazole rings is 1. The number of carbonyl (C=O) groups is 3. The van der Waals surface area contributed by atoms with Gasteiger partial charge < -0.3 is 15.7 Å². The van der Waals surface area contributed by atoms with Gasteiger partial charge >= 0.3 is 5.97 Å². The van der Waals surface area contributed by atoms with Gasteiger partial charge in [0.05, 0.1) is 11.3 Å². The fourth-order valence-corrected chi connectivity index (χ4v) is 4.91. The van der Waals surface area contributed by atoms with Crippen LogP contribution in [-0.4, -0.2) is 45.4 Å². The third-order valence-corrected chi connectivity index (χ3v) is 7.09. The first-order valence-electron chi connectivity index (χ1n) is 11.4. The number of aromatic carboxylic acids is 1. The van der Waals surface area contributed by atoms with Gasteiger partial charge in [0.25, 0.3) is 5.91 Å². The molecular weight excluding hydrogens is 500 g/mol. The van der Waals surface area contributed by atoms with Gasteiger partial charge in [0, 0.05) is 52.9 Å². The molecule has 3 N–H and O–H groups in total. The van der Waals surface area contributed by atoms with Crippen LogP contribution in [0.5, 0.6) is 0 Å². The van der Waals surface area contributed by atoms with Gasteiger partial charge in [-0.05, 0) is 61.9 Å². The Balaban J connectivity index is 1.52. The van der Waals surface area contributed by atoms with E-state index in [-0.39, 0.29) is 17.2 Å². The molecule has 2 aromatic carbocycles. The zero-order chi connectivity index (χ0) is 25.8. The van der Waals surface area contributed by atoms with Crippen LogP contribution < -0.4 is 10.6 Å². The molecule has 36 heavy (non-hydrogen) atoms. The largest absolute Gasteiger partial charge is 0.478 e. The summed E-state index contributed by atoms with van der Waals surface area (Å²) >= 11 is 7.22. The average Bonchev–Trinajstić information content (AvgIpc) is 3.28. The third kappa shape index (κ3) is 6.17. The molecule has 4 rings (SSSR count). The van der Waals surface area contributed by atoms with Crippen LogP contribution in [-0.2, 0) is 17.8 Å². The second kappa shape index (κ2) is 11.0. The fourth-order valence-electron chi connectivity index (χ4n) is 3.75. The minimum Gasteiger partial charge on any atom is -0.478 e. The number of halogens is 1. The Labute approximate surface area is 217 Å². The van der Waals surface area contributed by atoms with Gasteiger partial charge in [0.2, 0.25) is 5.91 Å². The Hall–Kier alpha value is -3.53. The van der Waals surface area contributed by atoms with Crippen LogP contribution in [0.25, 0.3) is 6.08 Å². The van der Waals surface area contributed by atoms with E-state index < -0.39 is 11.9 Å². The number of hydrogen-bond donors (Lipinski definition) is 3. The molecular formula is C26H25ClN4O4S. The quantitative estimate of drug-likeness (QED) is 0.368. The molecule has 0 saturated heterocycles. The molecule has 0 radical (unpaired) electrons. The van der Waals surface area contributed by atoms with Gasteiger partial charge in [0.1, 0.15) is 0 Å². The Morgan fingerprint density at radius 2 is 1.89 bits per heavy atom. The molecule has 3 aromatic rings. The van der Waals surface area contributed by atoms with Crippen LogP contribution in [0.15, 0.2) is 48.5 Å². The first kappa shape index (κ1) is 25.6. The predicted octanol–water partition coefficient (Wildman–Crippen LogP) is 5.17. The van der Waals surface area contributed by atoms with Crippen molar-refractivity contribution in [3.63, 3.8) is 0 Å². The second-order valence-electron chi connectivity index (χ2n) is 8.59. The number of aromatic nitrogens is 1. The first-order valence-corrected chi connectivity index (χ1v) is 12.5. The van der Waals surface area contributed by atoms with Crippen LogP contribution in [0.3, 0.4) is 0 Å². The summed E-state index contributed by atoms with van der Waals surface area (Å²) in [4.78, 5) is 44.8. The highest BCUT2D eigenvalue weighted by atomic mass is 35.5. The van der Waals surface area contributed by atoms with Crippen molar-refractivity contribution in [1.82, 2.24) is 9.88 Å². The van der Waals surface area contributed by atoms with Gasteiger partial charge in [-0.2, -0.15) is 0 Å². The summed E-state index contributed by atoms with van der Waals surface area (Å²) in [6.45, 7) is 5.92. The van der Waals surface area contributed by atoms with Crippen molar-refractivity contribution in [2.24, 2.45) is 0 Å². The van der Waals surface area contributed by atoms with E-state index in [1.165, 1.54) is 35.6 Å². The highest BCUT2D eigenvalue weighted by molar-refractivity contribution is 7.13. The number of benzene rings is 2. The Morgan fingerprint density at radius 3 is 2.58 bits per heavy atom. The van der Waals surface area contributed by atoms with Crippen molar-refractivity contribution >= 4 is 58.2 Å². The molecule has 1 aromatic heterocycles. The normalized spacial score (nSPS) is 13.6. The summed E-state index contributed by atoms with van der Waals surface area (Å²) in [6.07, 6.45) is 3.60. The minimum absolute atomic E-state index is 0.0130. The minimum atomic E-state index is -1.13. The molecule has 0 fully saturated rings. The monoisotopic (exact) mass is 524 g/mol. The van der Waals surface area contributed by atoms with Crippen molar-refractivity contribution < 1.29 is 19.5 Å². The number of carboxylic acids is 1. The number of nitrogens with one attached hydrogen (secondary N) is 2. The van der Waals surface area contributed by atoms with Crippen LogP contribution in [0.2, 0.25) is 5.02 Å². The van der Waals surface area contributed by atoms with Crippen molar-refractivity contribution in [2.75, 3.05) is 17.2 Å². The lowest BCUT2D eigenvalue weighted by Crippen LogP contribution is -2.35. The molecule has 1 aliphatic rings. The van der Waals surface area contributed by atoms with Crippen LogP contribution >= 0.6 is 22.9 Å². The molecule has 8 nitrogen and oxygen atoms in total. The summed E-state index contributed by atoms with van der Waals surface area (Å²) in [5, 5.41) is 15.8. The molecule has 0 spiro atoms. The molecule has 0 atom stereocenters. The van der Waals surface area contributed by atoms with Gasteiger partial charge in [-0.3, -0.25) is 14.5 Å². The van der Waals surface area contributed by atoms with E-state index in [9.17, 15) is 19.5 Å². The number of carbonyl (C=O) groups excluding carboxylic acids is 2. The smallest absolute Gasteiger partial charge is 0.335 e. The number of carboxylic acid groups (broad SMARTS) is 1. The van der Waals surface area contributed by atoms with E-state index in [4.69, 9.17) is 11.6 Å². The van der Waals surface area contributed by atoms with Crippen LogP contribution in [0.4, 0.5) is 11.4 Å². The molecule has 2 heterocycles. The number of rotatable bonds is 7. The Morgan fingerprint density at radius 1 is 1.14 bits per heavy atom. The molecule has 186 valence electrons. The molecule has 0 aliphatic carbocycles. The number of nitrogens with zero attached hydrogens (tertiary/aromatic N) is 2. The Bertz CT molecular complexity index is 1330. The van der Waals surface area contributed by atoms with E-state index in [0.29, 0.717) is 27.3 Å². The zero-order valence-corrected chi connectivity index (χ0v) is 21.3. The van der Waals surface area contributed by atoms with Gasteiger partial charge in [-0.15, -0.1) is 11.3 Å². The van der Waals surface area contributed by atoms with E-state index in [1.54, 1.807) is 30.3 Å². The van der Waals surface area contributed by atoms with Crippen molar-refractivity contribution in [3.8, 4) is 0 Å². The first-order chi connectivity index (χ1) is 17.2. The summed E-state index contributed by atoms with van der Waals surface area (Å²) < 4.78 is 0. The van der Waals surface area contributed by atoms with Gasteiger partial charge in [-0.25, -0.2) is 9.78 Å². The average molecular weight is 525 g/mol. The van der Waals surface area contributed by atoms with Crippen molar-refractivity contribution in [3.05, 3.63) is 80.3 Å². The van der Waals surface area contributed by atoms with Gasteiger partial charge in [0.15, 0.2) is 5.01 Å². The lowest BCUT2D eigenvalue weighted by atomic mass is 10.1. The number of fused-ring (bicyclic) bond motifs is 1. The highest BCUT2D eigenvalue weighted by Gasteiger charge is 2.24. The molecule has 0 unspecified atom stereocenters. The van der Waals surface area contributed by atoms with E-state index in [1.807, 2.05) is 0 Å². The topological polar surface area (TPSA) is 112 Å². The number of amides is 2. The zero-order valence-electron chi connectivity index (χ0n) is 19.7. The predicted molar refractivity (Wildman–Crippen MR) is 142 cm³/mol. The maximum atomic E-state index is 13.0. The highest BCUT2D eigenvalue weighted by Crippen LogP contribution is 2.28. The fraction of sp³-hybridized carbons (Fsp3) is 0.231. The Kier molecular flexibility index (Phi) is 7.83. The van der Waals surface area contributed by atoms with Crippen molar-refractivity contribution in [1.29, 1.82) is 0 Å². The summed E-state index contributed by atoms with van der Waals surface area (Å²) in [5.74, 6) is -1.94. The summed E-state index contributed by atoms with van der Waals surface area (Å²) in [6, 6.07) is 11.4. The second-order valence-corrected chi connectivity index (χ2v) is 10.1. The van der Waals surface area contributed by atoms with Crippen LogP contribution in [0, 0.1) is 0 Å². The standard InChI is InChI=1S/C26H25ClN4O4S/c1-15(2)31-12-11-20-22(14-31)36-25(30-20)24(33)29-21-13-17(26(34)35)4-3-16(21)5-10-23(32)28-19-8-6-18(27)7-9-19/h3-10,13,15H,11-12,14H2,1-2H3,(H,28,32)(H,29,33)(H,34,35)/b10-5+. The molecule has 1 aliphatic heterocycles. The maximum Gasteiger partial charge on any atom is 0.335 e.